The number of anilines is 2. The summed E-state index contributed by atoms with van der Waals surface area (Å²) in [6.45, 7) is 2.88. The minimum absolute atomic E-state index is 0.000692. The average molecular weight is 421 g/mol. The first kappa shape index (κ1) is 21.1. The predicted octanol–water partition coefficient (Wildman–Crippen LogP) is 2.36. The van der Waals surface area contributed by atoms with E-state index in [1.165, 1.54) is 0 Å². The largest absolute Gasteiger partial charge is 0.340 e. The van der Waals surface area contributed by atoms with Crippen LogP contribution in [0.5, 0.6) is 0 Å². The first-order chi connectivity index (χ1) is 15.1. The molecule has 2 heterocycles. The molecule has 162 valence electrons. The second-order valence-electron chi connectivity index (χ2n) is 8.16. The summed E-state index contributed by atoms with van der Waals surface area (Å²) >= 11 is 0. The van der Waals surface area contributed by atoms with Crippen LogP contribution in [-0.2, 0) is 20.8 Å². The normalized spacial score (nSPS) is 18.8. The molecule has 4 rings (SSSR count). The molecular formula is C24H28N4O3. The van der Waals surface area contributed by atoms with E-state index in [-0.39, 0.29) is 23.6 Å². The predicted molar refractivity (Wildman–Crippen MR) is 120 cm³/mol. The molecule has 0 bridgehead atoms. The zero-order valence-corrected chi connectivity index (χ0v) is 17.5. The van der Waals surface area contributed by atoms with Crippen LogP contribution in [0.3, 0.4) is 0 Å². The Morgan fingerprint density at radius 1 is 0.968 bits per heavy atom. The monoisotopic (exact) mass is 420 g/mol. The summed E-state index contributed by atoms with van der Waals surface area (Å²) in [5.41, 5.74) is 2.79. The molecule has 0 spiro atoms. The fourth-order valence-corrected chi connectivity index (χ4v) is 4.18. The highest BCUT2D eigenvalue weighted by molar-refractivity contribution is 5.96. The lowest BCUT2D eigenvalue weighted by atomic mass is 9.89. The number of hydrogen-bond donors (Lipinski definition) is 2. The molecule has 0 aliphatic carbocycles. The molecule has 0 aromatic heterocycles. The molecule has 3 amide bonds. The minimum Gasteiger partial charge on any atom is -0.340 e. The van der Waals surface area contributed by atoms with Gasteiger partial charge in [-0.25, -0.2) is 0 Å². The maximum atomic E-state index is 12.7. The fraction of sp³-hybridized carbons (Fsp3) is 0.375. The molecule has 2 aromatic rings. The van der Waals surface area contributed by atoms with E-state index in [1.807, 2.05) is 59.5 Å². The van der Waals surface area contributed by atoms with Crippen LogP contribution in [0.2, 0.25) is 0 Å². The van der Waals surface area contributed by atoms with Gasteiger partial charge in [0.15, 0.2) is 0 Å². The van der Waals surface area contributed by atoms with E-state index in [0.717, 1.165) is 16.9 Å². The molecule has 31 heavy (non-hydrogen) atoms. The summed E-state index contributed by atoms with van der Waals surface area (Å²) in [5.74, 6) is -0.128. The molecule has 0 radical (unpaired) electrons. The lowest BCUT2D eigenvalue weighted by molar-refractivity contribution is -0.133. The summed E-state index contributed by atoms with van der Waals surface area (Å²) in [6, 6.07) is 17.2. The molecule has 2 aliphatic heterocycles. The van der Waals surface area contributed by atoms with Crippen molar-refractivity contribution in [2.24, 2.45) is 5.92 Å². The molecule has 0 saturated carbocycles. The van der Waals surface area contributed by atoms with Gasteiger partial charge in [-0.05, 0) is 36.6 Å². The number of benzene rings is 2. The third-order valence-electron chi connectivity index (χ3n) is 5.97. The van der Waals surface area contributed by atoms with Gasteiger partial charge in [-0.2, -0.15) is 0 Å². The van der Waals surface area contributed by atoms with Gasteiger partial charge in [0.05, 0.1) is 6.54 Å². The number of nitrogens with zero attached hydrogens (tertiary/aromatic N) is 2. The summed E-state index contributed by atoms with van der Waals surface area (Å²) in [4.78, 5) is 41.1. The van der Waals surface area contributed by atoms with E-state index in [0.29, 0.717) is 52.0 Å². The maximum absolute atomic E-state index is 12.7. The zero-order valence-electron chi connectivity index (χ0n) is 17.5. The quantitative estimate of drug-likeness (QED) is 0.752. The van der Waals surface area contributed by atoms with Crippen LogP contribution < -0.4 is 10.6 Å². The highest BCUT2D eigenvalue weighted by Crippen LogP contribution is 2.27. The van der Waals surface area contributed by atoms with Gasteiger partial charge in [0.2, 0.25) is 17.7 Å². The van der Waals surface area contributed by atoms with Gasteiger partial charge < -0.3 is 15.5 Å². The van der Waals surface area contributed by atoms with Crippen molar-refractivity contribution >= 4 is 29.1 Å². The number of carbonyl (C=O) groups is 3. The highest BCUT2D eigenvalue weighted by atomic mass is 16.2. The van der Waals surface area contributed by atoms with Crippen molar-refractivity contribution in [3.8, 4) is 0 Å². The SMILES string of the molecule is O=C(CN1CCN(C(=O)CC[C@@H]2Cc3ccccc3NC2=O)CC1)Nc1ccccc1. The minimum atomic E-state index is -0.165. The third kappa shape index (κ3) is 5.49. The molecule has 7 heteroatoms. The zero-order chi connectivity index (χ0) is 21.6. The first-order valence-corrected chi connectivity index (χ1v) is 10.8. The number of carbonyl (C=O) groups excluding carboxylic acids is 3. The van der Waals surface area contributed by atoms with Crippen LogP contribution in [0, 0.1) is 5.92 Å². The van der Waals surface area contributed by atoms with Gasteiger partial charge in [-0.1, -0.05) is 36.4 Å². The molecule has 2 aliphatic rings. The lowest BCUT2D eigenvalue weighted by Gasteiger charge is -2.34. The number of piperazine rings is 1. The molecule has 1 fully saturated rings. The molecule has 0 unspecified atom stereocenters. The Hall–Kier alpha value is -3.19. The van der Waals surface area contributed by atoms with E-state index in [1.54, 1.807) is 0 Å². The Morgan fingerprint density at radius 2 is 1.68 bits per heavy atom. The Labute approximate surface area is 182 Å². The summed E-state index contributed by atoms with van der Waals surface area (Å²) < 4.78 is 0. The van der Waals surface area contributed by atoms with Crippen molar-refractivity contribution in [1.82, 2.24) is 9.80 Å². The second kappa shape index (κ2) is 9.75. The number of para-hydroxylation sites is 2. The maximum Gasteiger partial charge on any atom is 0.238 e. The van der Waals surface area contributed by atoms with Crippen LogP contribution in [0.1, 0.15) is 18.4 Å². The fourth-order valence-electron chi connectivity index (χ4n) is 4.18. The van der Waals surface area contributed by atoms with E-state index in [4.69, 9.17) is 0 Å². The van der Waals surface area contributed by atoms with E-state index >= 15 is 0 Å². The molecule has 2 aromatic carbocycles. The van der Waals surface area contributed by atoms with Crippen molar-refractivity contribution in [3.63, 3.8) is 0 Å². The number of rotatable bonds is 6. The van der Waals surface area contributed by atoms with E-state index < -0.39 is 0 Å². The van der Waals surface area contributed by atoms with Gasteiger partial charge in [-0.3, -0.25) is 19.3 Å². The molecule has 7 nitrogen and oxygen atoms in total. The van der Waals surface area contributed by atoms with Crippen molar-refractivity contribution in [1.29, 1.82) is 0 Å². The van der Waals surface area contributed by atoms with Gasteiger partial charge in [0.1, 0.15) is 0 Å². The van der Waals surface area contributed by atoms with Gasteiger partial charge in [0, 0.05) is 49.9 Å². The summed E-state index contributed by atoms with van der Waals surface area (Å²) in [6.07, 6.45) is 1.60. The number of amides is 3. The Bertz CT molecular complexity index is 939. The average Bonchev–Trinajstić information content (AvgIpc) is 2.78. The van der Waals surface area contributed by atoms with Crippen molar-refractivity contribution in [2.75, 3.05) is 43.4 Å². The summed E-state index contributed by atoms with van der Waals surface area (Å²) in [7, 11) is 0. The number of hydrogen-bond acceptors (Lipinski definition) is 4. The first-order valence-electron chi connectivity index (χ1n) is 10.8. The molecule has 1 atom stereocenters. The van der Waals surface area contributed by atoms with Crippen molar-refractivity contribution in [3.05, 3.63) is 60.2 Å². The van der Waals surface area contributed by atoms with Crippen LogP contribution in [0.25, 0.3) is 0 Å². The number of fused-ring (bicyclic) bond motifs is 1. The lowest BCUT2D eigenvalue weighted by Crippen LogP contribution is -2.50. The van der Waals surface area contributed by atoms with Crippen LogP contribution in [0.15, 0.2) is 54.6 Å². The van der Waals surface area contributed by atoms with Crippen LogP contribution in [-0.4, -0.2) is 60.2 Å². The topological polar surface area (TPSA) is 81.8 Å². The third-order valence-corrected chi connectivity index (χ3v) is 5.97. The highest BCUT2D eigenvalue weighted by Gasteiger charge is 2.28. The Kier molecular flexibility index (Phi) is 6.62. The molecule has 2 N–H and O–H groups in total. The smallest absolute Gasteiger partial charge is 0.238 e. The van der Waals surface area contributed by atoms with Crippen LogP contribution >= 0.6 is 0 Å². The van der Waals surface area contributed by atoms with Gasteiger partial charge in [0.25, 0.3) is 0 Å². The standard InChI is InChI=1S/C24H28N4O3/c29-22(25-20-7-2-1-3-8-20)17-27-12-14-28(15-13-27)23(30)11-10-19-16-18-6-4-5-9-21(18)26-24(19)31/h1-9,19H,10-17H2,(H,25,29)(H,26,31)/t19-/m1/s1. The van der Waals surface area contributed by atoms with E-state index in [9.17, 15) is 14.4 Å². The van der Waals surface area contributed by atoms with Gasteiger partial charge in [-0.15, -0.1) is 0 Å². The Balaban J connectivity index is 1.19. The van der Waals surface area contributed by atoms with Crippen LogP contribution in [0.4, 0.5) is 11.4 Å². The van der Waals surface area contributed by atoms with Crippen molar-refractivity contribution < 1.29 is 14.4 Å². The van der Waals surface area contributed by atoms with E-state index in [2.05, 4.69) is 15.5 Å². The molecule has 1 saturated heterocycles. The molecular weight excluding hydrogens is 392 g/mol. The van der Waals surface area contributed by atoms with Crippen molar-refractivity contribution in [2.45, 2.75) is 19.3 Å². The van der Waals surface area contributed by atoms with Gasteiger partial charge >= 0.3 is 0 Å². The Morgan fingerprint density at radius 3 is 2.45 bits per heavy atom. The summed E-state index contributed by atoms with van der Waals surface area (Å²) in [5, 5.41) is 5.84. The second-order valence-corrected chi connectivity index (χ2v) is 8.16. The number of nitrogens with one attached hydrogen (secondary N) is 2.